The Morgan fingerprint density at radius 2 is 2.37 bits per heavy atom. The summed E-state index contributed by atoms with van der Waals surface area (Å²) in [5.41, 5.74) is 2.82. The van der Waals surface area contributed by atoms with Gasteiger partial charge in [-0.1, -0.05) is 11.6 Å². The quantitative estimate of drug-likeness (QED) is 0.442. The molecule has 1 aliphatic rings. The van der Waals surface area contributed by atoms with Gasteiger partial charge in [-0.3, -0.25) is 4.79 Å². The molecule has 2 heterocycles. The zero-order valence-corrected chi connectivity index (χ0v) is 11.4. The maximum atomic E-state index is 12.1. The number of pyridine rings is 1. The molecule has 0 saturated carbocycles. The number of aromatic nitrogens is 1. The first-order valence-corrected chi connectivity index (χ1v) is 6.53. The van der Waals surface area contributed by atoms with Gasteiger partial charge < -0.3 is 15.5 Å². The Bertz CT molecular complexity index is 469. The van der Waals surface area contributed by atoms with Crippen molar-refractivity contribution in [2.24, 2.45) is 5.84 Å². The number of halogens is 1. The molecule has 7 heteroatoms. The van der Waals surface area contributed by atoms with E-state index in [1.807, 2.05) is 6.92 Å². The summed E-state index contributed by atoms with van der Waals surface area (Å²) >= 11 is 5.83. The van der Waals surface area contributed by atoms with Gasteiger partial charge in [0, 0.05) is 18.2 Å². The summed E-state index contributed by atoms with van der Waals surface area (Å²) in [6.07, 6.45) is 1.80. The average Bonchev–Trinajstić information content (AvgIpc) is 2.38. The minimum Gasteiger partial charge on any atom is -0.378 e. The summed E-state index contributed by atoms with van der Waals surface area (Å²) in [7, 11) is 0. The van der Waals surface area contributed by atoms with Crippen LogP contribution in [0.5, 0.6) is 0 Å². The van der Waals surface area contributed by atoms with Crippen molar-refractivity contribution in [2.45, 2.75) is 31.9 Å². The number of hydrogen-bond acceptors (Lipinski definition) is 5. The van der Waals surface area contributed by atoms with Crippen LogP contribution in [-0.2, 0) is 4.74 Å². The number of ether oxygens (including phenoxy) is 1. The van der Waals surface area contributed by atoms with Gasteiger partial charge in [0.05, 0.1) is 6.10 Å². The van der Waals surface area contributed by atoms with Gasteiger partial charge in [0.2, 0.25) is 0 Å². The Hall–Kier alpha value is -1.37. The van der Waals surface area contributed by atoms with Crippen molar-refractivity contribution < 1.29 is 9.53 Å². The zero-order chi connectivity index (χ0) is 13.8. The van der Waals surface area contributed by atoms with Crippen LogP contribution in [0.3, 0.4) is 0 Å². The molecule has 0 aliphatic carbocycles. The summed E-state index contributed by atoms with van der Waals surface area (Å²) in [4.78, 5) is 16.1. The predicted molar refractivity (Wildman–Crippen MR) is 73.0 cm³/mol. The highest BCUT2D eigenvalue weighted by Gasteiger charge is 2.21. The van der Waals surface area contributed by atoms with Crippen LogP contribution in [0.25, 0.3) is 0 Å². The highest BCUT2D eigenvalue weighted by atomic mass is 35.5. The van der Waals surface area contributed by atoms with Gasteiger partial charge in [-0.15, -0.1) is 0 Å². The van der Waals surface area contributed by atoms with Crippen LogP contribution in [0.4, 0.5) is 5.82 Å². The minimum atomic E-state index is -0.181. The van der Waals surface area contributed by atoms with E-state index in [0.717, 1.165) is 12.8 Å². The molecule has 0 spiro atoms. The van der Waals surface area contributed by atoms with Crippen molar-refractivity contribution in [2.75, 3.05) is 12.0 Å². The predicted octanol–water partition coefficient (Wildman–Crippen LogP) is 1.32. The Morgan fingerprint density at radius 1 is 1.58 bits per heavy atom. The summed E-state index contributed by atoms with van der Waals surface area (Å²) in [5, 5.41) is 3.19. The molecule has 4 N–H and O–H groups in total. The van der Waals surface area contributed by atoms with Gasteiger partial charge in [0.15, 0.2) is 0 Å². The highest BCUT2D eigenvalue weighted by molar-refractivity contribution is 6.29. The van der Waals surface area contributed by atoms with E-state index in [2.05, 4.69) is 15.7 Å². The van der Waals surface area contributed by atoms with Crippen molar-refractivity contribution in [3.8, 4) is 0 Å². The Labute approximate surface area is 116 Å². The van der Waals surface area contributed by atoms with Gasteiger partial charge in [0.1, 0.15) is 11.0 Å². The molecular formula is C12H17ClN4O2. The summed E-state index contributed by atoms with van der Waals surface area (Å²) in [6, 6.07) is 3.20. The normalized spacial score (nSPS) is 22.9. The topological polar surface area (TPSA) is 89.3 Å². The fourth-order valence-electron chi connectivity index (χ4n) is 2.10. The third kappa shape index (κ3) is 3.79. The minimum absolute atomic E-state index is 0.123. The molecule has 2 unspecified atom stereocenters. The Morgan fingerprint density at radius 3 is 3.05 bits per heavy atom. The fraction of sp³-hybridized carbons (Fsp3) is 0.500. The van der Waals surface area contributed by atoms with Crippen LogP contribution in [0, 0.1) is 0 Å². The first kappa shape index (κ1) is 14.0. The number of hydrazine groups is 1. The lowest BCUT2D eigenvalue weighted by molar-refractivity contribution is 0.0136. The zero-order valence-electron chi connectivity index (χ0n) is 10.6. The number of nitrogens with one attached hydrogen (secondary N) is 2. The van der Waals surface area contributed by atoms with Gasteiger partial charge >= 0.3 is 0 Å². The van der Waals surface area contributed by atoms with Crippen molar-refractivity contribution in [1.29, 1.82) is 0 Å². The number of anilines is 1. The Kier molecular flexibility index (Phi) is 4.57. The number of nitrogens with zero attached hydrogens (tertiary/aromatic N) is 1. The van der Waals surface area contributed by atoms with Crippen molar-refractivity contribution in [3.63, 3.8) is 0 Å². The molecular weight excluding hydrogens is 268 g/mol. The number of nitrogen functional groups attached to an aromatic ring is 1. The van der Waals surface area contributed by atoms with Crippen LogP contribution < -0.4 is 16.6 Å². The van der Waals surface area contributed by atoms with Crippen LogP contribution in [0.2, 0.25) is 5.15 Å². The summed E-state index contributed by atoms with van der Waals surface area (Å²) in [6.45, 7) is 2.66. The molecule has 1 amide bonds. The summed E-state index contributed by atoms with van der Waals surface area (Å²) < 4.78 is 5.44. The SMILES string of the molecule is CC1CC(NC(=O)c2cc(Cl)nc(NN)c2)CCO1. The first-order valence-electron chi connectivity index (χ1n) is 6.15. The lowest BCUT2D eigenvalue weighted by Gasteiger charge is -2.28. The number of rotatable bonds is 3. The van der Waals surface area contributed by atoms with Crippen molar-refractivity contribution in [1.82, 2.24) is 10.3 Å². The average molecular weight is 285 g/mol. The molecule has 2 rings (SSSR count). The largest absolute Gasteiger partial charge is 0.378 e. The third-order valence-corrected chi connectivity index (χ3v) is 3.22. The smallest absolute Gasteiger partial charge is 0.251 e. The number of nitrogens with two attached hydrogens (primary N) is 1. The van der Waals surface area contributed by atoms with E-state index >= 15 is 0 Å². The first-order chi connectivity index (χ1) is 9.08. The standard InChI is InChI=1S/C12H17ClN4O2/c1-7-4-9(2-3-19-7)15-12(18)8-5-10(13)16-11(6-8)17-14/h5-7,9H,2-4,14H2,1H3,(H,15,18)(H,16,17). The summed E-state index contributed by atoms with van der Waals surface area (Å²) in [5.74, 6) is 5.45. The second-order valence-electron chi connectivity index (χ2n) is 4.58. The van der Waals surface area contributed by atoms with E-state index in [9.17, 15) is 4.79 Å². The molecule has 19 heavy (non-hydrogen) atoms. The molecule has 1 fully saturated rings. The molecule has 1 saturated heterocycles. The maximum Gasteiger partial charge on any atom is 0.251 e. The van der Waals surface area contributed by atoms with E-state index in [1.165, 1.54) is 6.07 Å². The molecule has 0 radical (unpaired) electrons. The fourth-order valence-corrected chi connectivity index (χ4v) is 2.31. The lowest BCUT2D eigenvalue weighted by atomic mass is 10.0. The van der Waals surface area contributed by atoms with E-state index in [-0.39, 0.29) is 23.2 Å². The van der Waals surface area contributed by atoms with E-state index < -0.39 is 0 Å². The Balaban J connectivity index is 2.05. The van der Waals surface area contributed by atoms with E-state index in [1.54, 1.807) is 6.07 Å². The van der Waals surface area contributed by atoms with Gasteiger partial charge in [-0.25, -0.2) is 10.8 Å². The number of carbonyl (C=O) groups excluding carboxylic acids is 1. The molecule has 1 aliphatic heterocycles. The monoisotopic (exact) mass is 284 g/mol. The molecule has 0 aromatic carbocycles. The third-order valence-electron chi connectivity index (χ3n) is 3.02. The number of amides is 1. The lowest BCUT2D eigenvalue weighted by Crippen LogP contribution is -2.41. The number of carbonyl (C=O) groups is 1. The molecule has 1 aromatic rings. The van der Waals surface area contributed by atoms with Crippen molar-refractivity contribution >= 4 is 23.3 Å². The van der Waals surface area contributed by atoms with Crippen LogP contribution in [-0.4, -0.2) is 29.6 Å². The molecule has 104 valence electrons. The van der Waals surface area contributed by atoms with Crippen LogP contribution >= 0.6 is 11.6 Å². The van der Waals surface area contributed by atoms with E-state index in [4.69, 9.17) is 22.2 Å². The molecule has 1 aromatic heterocycles. The van der Waals surface area contributed by atoms with Crippen molar-refractivity contribution in [3.05, 3.63) is 22.8 Å². The number of hydrogen-bond donors (Lipinski definition) is 3. The molecule has 6 nitrogen and oxygen atoms in total. The van der Waals surface area contributed by atoms with Crippen LogP contribution in [0.15, 0.2) is 12.1 Å². The van der Waals surface area contributed by atoms with Gasteiger partial charge in [-0.2, -0.15) is 0 Å². The second kappa shape index (κ2) is 6.18. The molecule has 2 atom stereocenters. The van der Waals surface area contributed by atoms with Gasteiger partial charge in [0.25, 0.3) is 5.91 Å². The van der Waals surface area contributed by atoms with E-state index in [0.29, 0.717) is 18.0 Å². The second-order valence-corrected chi connectivity index (χ2v) is 4.97. The maximum absolute atomic E-state index is 12.1. The highest BCUT2D eigenvalue weighted by Crippen LogP contribution is 2.16. The van der Waals surface area contributed by atoms with Crippen LogP contribution in [0.1, 0.15) is 30.1 Å². The molecule has 0 bridgehead atoms. The van der Waals surface area contributed by atoms with Gasteiger partial charge in [-0.05, 0) is 31.9 Å².